The molecule has 124 valence electrons. The van der Waals surface area contributed by atoms with Crippen LogP contribution < -0.4 is 10.1 Å². The van der Waals surface area contributed by atoms with Crippen LogP contribution in [0.4, 0.5) is 0 Å². The zero-order chi connectivity index (χ0) is 17.1. The number of fused-ring (bicyclic) bond motifs is 1. The number of hydrogen-bond acceptors (Lipinski definition) is 4. The number of benzene rings is 2. The number of nitrogens with one attached hydrogen (secondary N) is 1. The second-order valence-corrected chi connectivity index (χ2v) is 5.87. The number of carbonyl (C=O) groups excluding carboxylic acids is 2. The predicted molar refractivity (Wildman–Crippen MR) is 89.2 cm³/mol. The van der Waals surface area contributed by atoms with Gasteiger partial charge < -0.3 is 14.8 Å². The van der Waals surface area contributed by atoms with Crippen LogP contribution in [0.5, 0.6) is 5.75 Å². The maximum Gasteiger partial charge on any atom is 0.339 e. The first-order valence-corrected chi connectivity index (χ1v) is 7.85. The van der Waals surface area contributed by atoms with Gasteiger partial charge in [-0.1, -0.05) is 35.9 Å². The monoisotopic (exact) mass is 345 g/mol. The molecule has 2 aromatic carbocycles. The lowest BCUT2D eigenvalue weighted by Crippen LogP contribution is -2.41. The van der Waals surface area contributed by atoms with E-state index in [1.807, 2.05) is 24.3 Å². The molecule has 0 spiro atoms. The Bertz CT molecular complexity index is 790. The normalized spacial score (nSPS) is 16.1. The van der Waals surface area contributed by atoms with Crippen molar-refractivity contribution in [2.45, 2.75) is 19.1 Å². The molecule has 1 aliphatic rings. The van der Waals surface area contributed by atoms with Crippen LogP contribution in [0.2, 0.25) is 5.02 Å². The third-order valence-electron chi connectivity index (χ3n) is 3.88. The van der Waals surface area contributed by atoms with Gasteiger partial charge in [0.25, 0.3) is 5.91 Å². The summed E-state index contributed by atoms with van der Waals surface area (Å²) in [6.45, 7) is 0.296. The predicted octanol–water partition coefficient (Wildman–Crippen LogP) is 2.75. The third kappa shape index (κ3) is 3.36. The standard InChI is InChI=1S/C18H16ClNO4/c1-23-15-5-3-2-4-12(15)10-20-17(21)16-8-11-6-7-13(19)9-14(11)18(22)24-16/h2-7,9,16H,8,10H2,1H3,(H,20,21). The Labute approximate surface area is 144 Å². The largest absolute Gasteiger partial charge is 0.496 e. The molecule has 1 amide bonds. The van der Waals surface area contributed by atoms with Gasteiger partial charge in [0, 0.05) is 23.6 Å². The van der Waals surface area contributed by atoms with E-state index in [1.165, 1.54) is 0 Å². The van der Waals surface area contributed by atoms with Crippen LogP contribution in [0.1, 0.15) is 21.5 Å². The second-order valence-electron chi connectivity index (χ2n) is 5.43. The molecule has 0 radical (unpaired) electrons. The minimum Gasteiger partial charge on any atom is -0.496 e. The molecule has 1 atom stereocenters. The fraction of sp³-hybridized carbons (Fsp3) is 0.222. The molecule has 0 saturated carbocycles. The lowest BCUT2D eigenvalue weighted by atomic mass is 9.98. The Hall–Kier alpha value is -2.53. The average molecular weight is 346 g/mol. The van der Waals surface area contributed by atoms with Crippen molar-refractivity contribution in [1.29, 1.82) is 0 Å². The zero-order valence-corrected chi connectivity index (χ0v) is 13.8. The van der Waals surface area contributed by atoms with Crippen molar-refractivity contribution in [3.05, 3.63) is 64.2 Å². The Morgan fingerprint density at radius 3 is 2.92 bits per heavy atom. The summed E-state index contributed by atoms with van der Waals surface area (Å²) in [4.78, 5) is 24.4. The molecule has 6 heteroatoms. The van der Waals surface area contributed by atoms with Crippen LogP contribution >= 0.6 is 11.6 Å². The van der Waals surface area contributed by atoms with Gasteiger partial charge >= 0.3 is 5.97 Å². The van der Waals surface area contributed by atoms with Gasteiger partial charge in [-0.3, -0.25) is 4.79 Å². The van der Waals surface area contributed by atoms with Crippen molar-refractivity contribution in [2.75, 3.05) is 7.11 Å². The van der Waals surface area contributed by atoms with Crippen molar-refractivity contribution in [2.24, 2.45) is 0 Å². The molecule has 24 heavy (non-hydrogen) atoms. The summed E-state index contributed by atoms with van der Waals surface area (Å²) in [5.41, 5.74) is 2.02. The van der Waals surface area contributed by atoms with Crippen molar-refractivity contribution in [1.82, 2.24) is 5.32 Å². The summed E-state index contributed by atoms with van der Waals surface area (Å²) < 4.78 is 10.5. The molecule has 0 aromatic heterocycles. The molecule has 5 nitrogen and oxygen atoms in total. The Balaban J connectivity index is 1.68. The summed E-state index contributed by atoms with van der Waals surface area (Å²) in [7, 11) is 1.58. The van der Waals surface area contributed by atoms with Crippen LogP contribution in [0.3, 0.4) is 0 Å². The fourth-order valence-corrected chi connectivity index (χ4v) is 2.81. The summed E-state index contributed by atoms with van der Waals surface area (Å²) >= 11 is 5.89. The number of ether oxygens (including phenoxy) is 2. The van der Waals surface area contributed by atoms with Crippen LogP contribution in [0, 0.1) is 0 Å². The van der Waals surface area contributed by atoms with E-state index >= 15 is 0 Å². The maximum atomic E-state index is 12.3. The molecular formula is C18H16ClNO4. The Morgan fingerprint density at radius 1 is 1.33 bits per heavy atom. The first-order valence-electron chi connectivity index (χ1n) is 7.47. The van der Waals surface area contributed by atoms with Crippen molar-refractivity contribution in [3.8, 4) is 5.75 Å². The Morgan fingerprint density at radius 2 is 2.12 bits per heavy atom. The van der Waals surface area contributed by atoms with E-state index in [9.17, 15) is 9.59 Å². The summed E-state index contributed by atoms with van der Waals surface area (Å²) in [5.74, 6) is -0.176. The van der Waals surface area contributed by atoms with Gasteiger partial charge in [-0.2, -0.15) is 0 Å². The molecule has 0 bridgehead atoms. The number of methoxy groups -OCH3 is 1. The van der Waals surface area contributed by atoms with Crippen LogP contribution in [0.15, 0.2) is 42.5 Å². The Kier molecular flexibility index (Phi) is 4.71. The zero-order valence-electron chi connectivity index (χ0n) is 13.0. The number of rotatable bonds is 4. The van der Waals surface area contributed by atoms with Gasteiger partial charge in [-0.15, -0.1) is 0 Å². The number of carbonyl (C=O) groups is 2. The van der Waals surface area contributed by atoms with E-state index in [0.29, 0.717) is 29.3 Å². The van der Waals surface area contributed by atoms with Crippen LogP contribution in [-0.2, 0) is 22.5 Å². The SMILES string of the molecule is COc1ccccc1CNC(=O)C1Cc2ccc(Cl)cc2C(=O)O1. The number of halogens is 1. The fourth-order valence-electron chi connectivity index (χ4n) is 2.64. The third-order valence-corrected chi connectivity index (χ3v) is 4.12. The summed E-state index contributed by atoms with van der Waals surface area (Å²) in [5, 5.41) is 3.25. The van der Waals surface area contributed by atoms with E-state index in [1.54, 1.807) is 25.3 Å². The molecular weight excluding hydrogens is 330 g/mol. The van der Waals surface area contributed by atoms with E-state index < -0.39 is 12.1 Å². The minimum atomic E-state index is -0.846. The van der Waals surface area contributed by atoms with Crippen LogP contribution in [-0.4, -0.2) is 25.1 Å². The minimum absolute atomic E-state index is 0.296. The molecule has 1 unspecified atom stereocenters. The van der Waals surface area contributed by atoms with E-state index in [-0.39, 0.29) is 5.91 Å². The molecule has 3 rings (SSSR count). The number of esters is 1. The van der Waals surface area contributed by atoms with Gasteiger partial charge in [0.1, 0.15) is 5.75 Å². The maximum absolute atomic E-state index is 12.3. The molecule has 0 saturated heterocycles. The van der Waals surface area contributed by atoms with Gasteiger partial charge in [0.15, 0.2) is 6.10 Å². The molecule has 1 N–H and O–H groups in total. The van der Waals surface area contributed by atoms with Crippen molar-refractivity contribution >= 4 is 23.5 Å². The highest BCUT2D eigenvalue weighted by molar-refractivity contribution is 6.31. The topological polar surface area (TPSA) is 64.6 Å². The number of cyclic esters (lactones) is 1. The highest BCUT2D eigenvalue weighted by Gasteiger charge is 2.31. The second kappa shape index (κ2) is 6.93. The number of hydrogen-bond donors (Lipinski definition) is 1. The smallest absolute Gasteiger partial charge is 0.339 e. The van der Waals surface area contributed by atoms with Gasteiger partial charge in [-0.25, -0.2) is 4.79 Å². The molecule has 0 aliphatic carbocycles. The summed E-state index contributed by atoms with van der Waals surface area (Å²) in [6.07, 6.45) is -0.517. The summed E-state index contributed by atoms with van der Waals surface area (Å²) in [6, 6.07) is 12.4. The molecule has 1 heterocycles. The average Bonchev–Trinajstić information content (AvgIpc) is 2.60. The van der Waals surface area contributed by atoms with E-state index in [4.69, 9.17) is 21.1 Å². The first kappa shape index (κ1) is 16.3. The number of amides is 1. The lowest BCUT2D eigenvalue weighted by Gasteiger charge is -2.24. The quantitative estimate of drug-likeness (QED) is 0.865. The number of para-hydroxylation sites is 1. The van der Waals surface area contributed by atoms with E-state index in [0.717, 1.165) is 11.1 Å². The highest BCUT2D eigenvalue weighted by Crippen LogP contribution is 2.24. The molecule has 2 aromatic rings. The first-order chi connectivity index (χ1) is 11.6. The molecule has 1 aliphatic heterocycles. The van der Waals surface area contributed by atoms with E-state index in [2.05, 4.69) is 5.32 Å². The molecule has 0 fully saturated rings. The van der Waals surface area contributed by atoms with Crippen molar-refractivity contribution < 1.29 is 19.1 Å². The van der Waals surface area contributed by atoms with Gasteiger partial charge in [0.05, 0.1) is 12.7 Å². The highest BCUT2D eigenvalue weighted by atomic mass is 35.5. The van der Waals surface area contributed by atoms with Crippen molar-refractivity contribution in [3.63, 3.8) is 0 Å². The van der Waals surface area contributed by atoms with Crippen LogP contribution in [0.25, 0.3) is 0 Å². The van der Waals surface area contributed by atoms with Gasteiger partial charge in [-0.05, 0) is 23.8 Å². The van der Waals surface area contributed by atoms with Gasteiger partial charge in [0.2, 0.25) is 0 Å². The lowest BCUT2D eigenvalue weighted by molar-refractivity contribution is -0.130.